The minimum absolute atomic E-state index is 0.0399. The Labute approximate surface area is 175 Å². The highest BCUT2D eigenvalue weighted by molar-refractivity contribution is 6.43. The van der Waals surface area contributed by atoms with Gasteiger partial charge < -0.3 is 9.73 Å². The number of hydrogen-bond donors (Lipinski definition) is 1. The Hall–Kier alpha value is -2.65. The van der Waals surface area contributed by atoms with E-state index in [1.54, 1.807) is 12.1 Å². The van der Waals surface area contributed by atoms with Gasteiger partial charge in [0.25, 0.3) is 5.91 Å². The van der Waals surface area contributed by atoms with Gasteiger partial charge in [-0.25, -0.2) is 0 Å². The molecule has 0 atom stereocenters. The number of furan rings is 1. The summed E-state index contributed by atoms with van der Waals surface area (Å²) in [6.45, 7) is 0. The number of hydrogen-bond acceptors (Lipinski definition) is 2. The molecule has 158 valence electrons. The molecule has 30 heavy (non-hydrogen) atoms. The van der Waals surface area contributed by atoms with Gasteiger partial charge in [0.1, 0.15) is 5.76 Å². The van der Waals surface area contributed by atoms with Crippen LogP contribution in [0.15, 0.2) is 52.9 Å². The molecule has 0 aliphatic heterocycles. The van der Waals surface area contributed by atoms with Crippen LogP contribution in [0.25, 0.3) is 11.3 Å². The SMILES string of the molecule is O=C(Nc1cc(C(F)(F)F)cc(C(F)(F)F)c1)c1ccc(-c2cccc(Cl)c2Cl)o1. The van der Waals surface area contributed by atoms with E-state index in [0.717, 1.165) is 0 Å². The molecule has 1 aromatic heterocycles. The maximum atomic E-state index is 12.9. The Kier molecular flexibility index (Phi) is 5.79. The van der Waals surface area contributed by atoms with Crippen LogP contribution in [0.2, 0.25) is 10.0 Å². The van der Waals surface area contributed by atoms with Crippen LogP contribution in [-0.2, 0) is 12.4 Å². The average Bonchev–Trinajstić information content (AvgIpc) is 3.12. The Morgan fingerprint density at radius 2 is 1.47 bits per heavy atom. The molecule has 0 aliphatic rings. The molecule has 11 heteroatoms. The first kappa shape index (κ1) is 22.0. The molecule has 0 bridgehead atoms. The molecule has 3 aromatic rings. The summed E-state index contributed by atoms with van der Waals surface area (Å²) in [4.78, 5) is 12.3. The van der Waals surface area contributed by atoms with E-state index in [0.29, 0.717) is 17.7 Å². The molecule has 0 fully saturated rings. The van der Waals surface area contributed by atoms with Gasteiger partial charge >= 0.3 is 12.4 Å². The van der Waals surface area contributed by atoms with Gasteiger partial charge in [0.15, 0.2) is 5.76 Å². The van der Waals surface area contributed by atoms with Crippen LogP contribution in [-0.4, -0.2) is 5.91 Å². The third-order valence-electron chi connectivity index (χ3n) is 3.89. The highest BCUT2D eigenvalue weighted by Crippen LogP contribution is 2.38. The van der Waals surface area contributed by atoms with Gasteiger partial charge in [-0.05, 0) is 42.5 Å². The van der Waals surface area contributed by atoms with Gasteiger partial charge in [-0.1, -0.05) is 29.3 Å². The first-order chi connectivity index (χ1) is 13.9. The van der Waals surface area contributed by atoms with E-state index in [1.807, 2.05) is 5.32 Å². The third kappa shape index (κ3) is 4.73. The fourth-order valence-electron chi connectivity index (χ4n) is 2.52. The zero-order valence-corrected chi connectivity index (χ0v) is 16.0. The van der Waals surface area contributed by atoms with Gasteiger partial charge in [0.05, 0.1) is 21.2 Å². The summed E-state index contributed by atoms with van der Waals surface area (Å²) in [6.07, 6.45) is -10.1. The molecular weight excluding hydrogens is 459 g/mol. The number of benzene rings is 2. The van der Waals surface area contributed by atoms with Crippen LogP contribution in [0.1, 0.15) is 21.7 Å². The summed E-state index contributed by atoms with van der Waals surface area (Å²) in [6, 6.07) is 7.96. The highest BCUT2D eigenvalue weighted by Gasteiger charge is 2.37. The fraction of sp³-hybridized carbons (Fsp3) is 0.105. The van der Waals surface area contributed by atoms with E-state index in [-0.39, 0.29) is 27.6 Å². The summed E-state index contributed by atoms with van der Waals surface area (Å²) < 4.78 is 83.0. The molecule has 3 nitrogen and oxygen atoms in total. The lowest BCUT2D eigenvalue weighted by Gasteiger charge is -2.14. The topological polar surface area (TPSA) is 42.2 Å². The lowest BCUT2D eigenvalue weighted by molar-refractivity contribution is -0.143. The minimum atomic E-state index is -5.04. The van der Waals surface area contributed by atoms with E-state index >= 15 is 0 Å². The van der Waals surface area contributed by atoms with Crippen LogP contribution in [0.4, 0.5) is 32.0 Å². The van der Waals surface area contributed by atoms with Crippen LogP contribution in [0.5, 0.6) is 0 Å². The van der Waals surface area contributed by atoms with E-state index < -0.39 is 35.1 Å². The lowest BCUT2D eigenvalue weighted by Crippen LogP contribution is -2.15. The zero-order chi connectivity index (χ0) is 22.3. The van der Waals surface area contributed by atoms with Crippen LogP contribution in [0.3, 0.4) is 0 Å². The summed E-state index contributed by atoms with van der Waals surface area (Å²) in [7, 11) is 0. The maximum absolute atomic E-state index is 12.9. The monoisotopic (exact) mass is 467 g/mol. The van der Waals surface area contributed by atoms with Crippen molar-refractivity contribution in [1.29, 1.82) is 0 Å². The molecule has 0 aliphatic carbocycles. The molecule has 1 N–H and O–H groups in total. The summed E-state index contributed by atoms with van der Waals surface area (Å²) >= 11 is 12.0. The van der Waals surface area contributed by atoms with Crippen molar-refractivity contribution in [3.8, 4) is 11.3 Å². The molecule has 2 aromatic carbocycles. The van der Waals surface area contributed by atoms with Crippen molar-refractivity contribution >= 4 is 34.8 Å². The Morgan fingerprint density at radius 3 is 2.03 bits per heavy atom. The van der Waals surface area contributed by atoms with Gasteiger partial charge in [-0.2, -0.15) is 26.3 Å². The first-order valence-corrected chi connectivity index (χ1v) is 8.77. The van der Waals surface area contributed by atoms with E-state index in [2.05, 4.69) is 0 Å². The largest absolute Gasteiger partial charge is 0.451 e. The second-order valence-corrected chi connectivity index (χ2v) is 6.80. The Balaban J connectivity index is 1.91. The predicted molar refractivity (Wildman–Crippen MR) is 98.6 cm³/mol. The Bertz CT molecular complexity index is 1070. The van der Waals surface area contributed by atoms with Crippen molar-refractivity contribution < 1.29 is 35.6 Å². The van der Waals surface area contributed by atoms with Crippen molar-refractivity contribution in [2.45, 2.75) is 12.4 Å². The van der Waals surface area contributed by atoms with E-state index in [9.17, 15) is 31.1 Å². The van der Waals surface area contributed by atoms with Gasteiger partial charge in [-0.15, -0.1) is 0 Å². The number of halogens is 8. The number of amides is 1. The zero-order valence-electron chi connectivity index (χ0n) is 14.5. The normalized spacial score (nSPS) is 12.1. The molecule has 1 heterocycles. The fourth-order valence-corrected chi connectivity index (χ4v) is 2.91. The lowest BCUT2D eigenvalue weighted by atomic mass is 10.1. The molecule has 1 amide bonds. The first-order valence-electron chi connectivity index (χ1n) is 8.01. The van der Waals surface area contributed by atoms with Crippen molar-refractivity contribution in [3.63, 3.8) is 0 Å². The number of alkyl halides is 6. The molecule has 3 rings (SSSR count). The number of anilines is 1. The third-order valence-corrected chi connectivity index (χ3v) is 4.71. The highest BCUT2D eigenvalue weighted by atomic mass is 35.5. The molecular formula is C19H9Cl2F6NO2. The van der Waals surface area contributed by atoms with Crippen LogP contribution in [0, 0.1) is 0 Å². The van der Waals surface area contributed by atoms with Crippen molar-refractivity contribution in [2.24, 2.45) is 0 Å². The molecule has 0 radical (unpaired) electrons. The average molecular weight is 468 g/mol. The predicted octanol–water partition coefficient (Wildman–Crippen LogP) is 7.54. The van der Waals surface area contributed by atoms with Gasteiger partial charge in [-0.3, -0.25) is 4.79 Å². The molecule has 0 spiro atoms. The summed E-state index contributed by atoms with van der Waals surface area (Å²) in [5.41, 5.74) is -3.46. The summed E-state index contributed by atoms with van der Waals surface area (Å²) in [5, 5.41) is 2.35. The second kappa shape index (κ2) is 7.88. The van der Waals surface area contributed by atoms with Crippen molar-refractivity contribution in [1.82, 2.24) is 0 Å². The standard InChI is InChI=1S/C19H9Cl2F6NO2/c20-13-3-1-2-12(16(13)21)14-4-5-15(30-14)17(29)28-11-7-9(18(22,23)24)6-10(8-11)19(25,26)27/h1-8H,(H,28,29). The smallest absolute Gasteiger partial charge is 0.416 e. The van der Waals surface area contributed by atoms with Crippen molar-refractivity contribution in [2.75, 3.05) is 5.32 Å². The molecule has 0 saturated heterocycles. The maximum Gasteiger partial charge on any atom is 0.416 e. The quantitative estimate of drug-likeness (QED) is 0.404. The number of carbonyl (C=O) groups is 1. The minimum Gasteiger partial charge on any atom is -0.451 e. The van der Waals surface area contributed by atoms with E-state index in [1.165, 1.54) is 18.2 Å². The second-order valence-electron chi connectivity index (χ2n) is 6.01. The van der Waals surface area contributed by atoms with Crippen LogP contribution < -0.4 is 5.32 Å². The Morgan fingerprint density at radius 1 is 0.867 bits per heavy atom. The van der Waals surface area contributed by atoms with Gasteiger partial charge in [0, 0.05) is 11.3 Å². The number of rotatable bonds is 3. The summed E-state index contributed by atoms with van der Waals surface area (Å²) in [5.74, 6) is -1.27. The van der Waals surface area contributed by atoms with E-state index in [4.69, 9.17) is 27.6 Å². The molecule has 0 unspecified atom stereocenters. The van der Waals surface area contributed by atoms with Crippen molar-refractivity contribution in [3.05, 3.63) is 75.5 Å². The van der Waals surface area contributed by atoms with Crippen LogP contribution >= 0.6 is 23.2 Å². The number of carbonyl (C=O) groups excluding carboxylic acids is 1. The van der Waals surface area contributed by atoms with Gasteiger partial charge in [0.2, 0.25) is 0 Å². The molecule has 0 saturated carbocycles. The number of nitrogens with one attached hydrogen (secondary N) is 1.